The Morgan fingerprint density at radius 2 is 1.64 bits per heavy atom. The first-order chi connectivity index (χ1) is 13.5. The van der Waals surface area contributed by atoms with E-state index < -0.39 is 10.0 Å². The van der Waals surface area contributed by atoms with Crippen LogP contribution in [0.5, 0.6) is 5.75 Å². The second kappa shape index (κ2) is 8.58. The lowest BCUT2D eigenvalue weighted by molar-refractivity contribution is 0.0950. The number of sulfonamides is 1. The normalized spacial score (nSPS) is 10.9. The van der Waals surface area contributed by atoms with Crippen molar-refractivity contribution in [3.63, 3.8) is 0 Å². The van der Waals surface area contributed by atoms with E-state index in [4.69, 9.17) is 4.74 Å². The first kappa shape index (κ1) is 19.4. The predicted octanol–water partition coefficient (Wildman–Crippen LogP) is 3.43. The first-order valence-corrected chi connectivity index (χ1v) is 10.1. The van der Waals surface area contributed by atoms with Gasteiger partial charge in [0.05, 0.1) is 12.0 Å². The zero-order valence-electron chi connectivity index (χ0n) is 15.3. The fraction of sp³-hybridized carbons (Fsp3) is 0.0952. The molecule has 0 bridgehead atoms. The van der Waals surface area contributed by atoms with Crippen molar-refractivity contribution in [3.05, 3.63) is 90.0 Å². The lowest BCUT2D eigenvalue weighted by Gasteiger charge is -2.10. The van der Waals surface area contributed by atoms with Crippen LogP contribution in [0.4, 0.5) is 5.69 Å². The van der Waals surface area contributed by atoms with Crippen molar-refractivity contribution in [2.75, 3.05) is 11.8 Å². The Hall–Kier alpha value is -3.32. The quantitative estimate of drug-likeness (QED) is 0.641. The van der Waals surface area contributed by atoms with E-state index in [1.165, 1.54) is 12.1 Å². The van der Waals surface area contributed by atoms with Gasteiger partial charge in [-0.25, -0.2) is 8.42 Å². The van der Waals surface area contributed by atoms with E-state index in [0.29, 0.717) is 12.2 Å². The molecule has 6 nitrogen and oxygen atoms in total. The molecule has 0 unspecified atom stereocenters. The van der Waals surface area contributed by atoms with Gasteiger partial charge in [-0.05, 0) is 48.0 Å². The molecule has 0 atom stereocenters. The highest BCUT2D eigenvalue weighted by Gasteiger charge is 2.16. The van der Waals surface area contributed by atoms with Gasteiger partial charge in [-0.2, -0.15) is 0 Å². The third-order valence-electron chi connectivity index (χ3n) is 4.04. The fourth-order valence-electron chi connectivity index (χ4n) is 2.55. The molecule has 144 valence electrons. The number of anilines is 1. The van der Waals surface area contributed by atoms with Crippen LogP contribution in [0.25, 0.3) is 0 Å². The fourth-order valence-corrected chi connectivity index (χ4v) is 3.66. The van der Waals surface area contributed by atoms with Crippen molar-refractivity contribution < 1.29 is 17.9 Å². The van der Waals surface area contributed by atoms with Crippen LogP contribution in [0.2, 0.25) is 0 Å². The molecule has 3 rings (SSSR count). The Balaban J connectivity index is 1.70. The molecule has 0 aliphatic heterocycles. The summed E-state index contributed by atoms with van der Waals surface area (Å²) in [5.41, 5.74) is 1.63. The highest BCUT2D eigenvalue weighted by Crippen LogP contribution is 2.17. The van der Waals surface area contributed by atoms with Gasteiger partial charge in [0.15, 0.2) is 0 Å². The van der Waals surface area contributed by atoms with E-state index in [1.54, 1.807) is 49.6 Å². The van der Waals surface area contributed by atoms with E-state index >= 15 is 0 Å². The standard InChI is InChI=1S/C21H20N2O4S/c1-27-19-12-10-16(11-13-19)15-22-21(24)17-6-5-9-20(14-17)28(25,26)23-18-7-3-2-4-8-18/h2-14,23H,15H2,1H3,(H,22,24). The highest BCUT2D eigenvalue weighted by molar-refractivity contribution is 7.92. The predicted molar refractivity (Wildman–Crippen MR) is 108 cm³/mol. The van der Waals surface area contributed by atoms with Crippen molar-refractivity contribution >= 4 is 21.6 Å². The summed E-state index contributed by atoms with van der Waals surface area (Å²) in [6.07, 6.45) is 0. The van der Waals surface area contributed by atoms with Crippen molar-refractivity contribution in [1.82, 2.24) is 5.32 Å². The summed E-state index contributed by atoms with van der Waals surface area (Å²) in [4.78, 5) is 12.4. The molecule has 0 saturated heterocycles. The number of para-hydroxylation sites is 1. The van der Waals surface area contributed by atoms with Crippen LogP contribution in [-0.2, 0) is 16.6 Å². The average molecular weight is 396 g/mol. The van der Waals surface area contributed by atoms with Crippen molar-refractivity contribution in [3.8, 4) is 5.75 Å². The largest absolute Gasteiger partial charge is 0.497 e. The highest BCUT2D eigenvalue weighted by atomic mass is 32.2. The van der Waals surface area contributed by atoms with Crippen molar-refractivity contribution in [2.24, 2.45) is 0 Å². The molecule has 0 fully saturated rings. The van der Waals surface area contributed by atoms with E-state index in [-0.39, 0.29) is 16.4 Å². The van der Waals surface area contributed by atoms with Gasteiger partial charge in [-0.1, -0.05) is 36.4 Å². The number of hydrogen-bond donors (Lipinski definition) is 2. The first-order valence-electron chi connectivity index (χ1n) is 8.57. The summed E-state index contributed by atoms with van der Waals surface area (Å²) in [5.74, 6) is 0.381. The number of benzene rings is 3. The molecule has 0 aliphatic rings. The summed E-state index contributed by atoms with van der Waals surface area (Å²) < 4.78 is 32.7. The number of ether oxygens (including phenoxy) is 1. The van der Waals surface area contributed by atoms with Gasteiger partial charge < -0.3 is 10.1 Å². The minimum Gasteiger partial charge on any atom is -0.497 e. The summed E-state index contributed by atoms with van der Waals surface area (Å²) >= 11 is 0. The summed E-state index contributed by atoms with van der Waals surface area (Å²) in [5, 5.41) is 2.79. The number of methoxy groups -OCH3 is 1. The second-order valence-electron chi connectivity index (χ2n) is 6.03. The molecule has 3 aromatic carbocycles. The van der Waals surface area contributed by atoms with Crippen molar-refractivity contribution in [2.45, 2.75) is 11.4 Å². The molecule has 0 spiro atoms. The molecule has 28 heavy (non-hydrogen) atoms. The van der Waals surface area contributed by atoms with E-state index in [1.807, 2.05) is 24.3 Å². The Morgan fingerprint density at radius 1 is 0.929 bits per heavy atom. The Bertz CT molecular complexity index is 1050. The average Bonchev–Trinajstić information content (AvgIpc) is 2.73. The lowest BCUT2D eigenvalue weighted by atomic mass is 10.2. The minimum absolute atomic E-state index is 0.0217. The van der Waals surface area contributed by atoms with Gasteiger partial charge in [-0.3, -0.25) is 9.52 Å². The third kappa shape index (κ3) is 4.89. The molecule has 0 radical (unpaired) electrons. The maximum absolute atomic E-state index is 12.6. The number of carbonyl (C=O) groups is 1. The van der Waals surface area contributed by atoms with Gasteiger partial charge in [0.25, 0.3) is 15.9 Å². The van der Waals surface area contributed by atoms with Crippen LogP contribution in [-0.4, -0.2) is 21.4 Å². The molecule has 0 heterocycles. The molecular weight excluding hydrogens is 376 g/mol. The Labute approximate surface area is 164 Å². The van der Waals surface area contributed by atoms with Crippen LogP contribution in [0, 0.1) is 0 Å². The molecule has 0 saturated carbocycles. The maximum Gasteiger partial charge on any atom is 0.261 e. The zero-order valence-corrected chi connectivity index (χ0v) is 16.1. The minimum atomic E-state index is -3.79. The van der Waals surface area contributed by atoms with Gasteiger partial charge in [-0.15, -0.1) is 0 Å². The van der Waals surface area contributed by atoms with Gasteiger partial charge in [0.1, 0.15) is 5.75 Å². The second-order valence-corrected chi connectivity index (χ2v) is 7.71. The number of hydrogen-bond acceptors (Lipinski definition) is 4. The van der Waals surface area contributed by atoms with Gasteiger partial charge in [0.2, 0.25) is 0 Å². The zero-order chi connectivity index (χ0) is 20.0. The molecular formula is C21H20N2O4S. The summed E-state index contributed by atoms with van der Waals surface area (Å²) in [6, 6.07) is 21.8. The van der Waals surface area contributed by atoms with Gasteiger partial charge in [0, 0.05) is 17.8 Å². The van der Waals surface area contributed by atoms with E-state index in [9.17, 15) is 13.2 Å². The van der Waals surface area contributed by atoms with Crippen molar-refractivity contribution in [1.29, 1.82) is 0 Å². The topological polar surface area (TPSA) is 84.5 Å². The third-order valence-corrected chi connectivity index (χ3v) is 5.42. The molecule has 2 N–H and O–H groups in total. The number of nitrogens with one attached hydrogen (secondary N) is 2. The summed E-state index contributed by atoms with van der Waals surface area (Å²) in [6.45, 7) is 0.321. The van der Waals surface area contributed by atoms with Crippen LogP contribution >= 0.6 is 0 Å². The molecule has 0 aromatic heterocycles. The monoisotopic (exact) mass is 396 g/mol. The van der Waals surface area contributed by atoms with Crippen LogP contribution in [0.1, 0.15) is 15.9 Å². The lowest BCUT2D eigenvalue weighted by Crippen LogP contribution is -2.23. The van der Waals surface area contributed by atoms with Crippen LogP contribution < -0.4 is 14.8 Å². The molecule has 7 heteroatoms. The van der Waals surface area contributed by atoms with Gasteiger partial charge >= 0.3 is 0 Å². The Morgan fingerprint density at radius 3 is 2.32 bits per heavy atom. The maximum atomic E-state index is 12.6. The van der Waals surface area contributed by atoms with Crippen LogP contribution in [0.3, 0.4) is 0 Å². The smallest absolute Gasteiger partial charge is 0.261 e. The van der Waals surface area contributed by atoms with Crippen LogP contribution in [0.15, 0.2) is 83.8 Å². The number of rotatable bonds is 7. The molecule has 1 amide bonds. The van der Waals surface area contributed by atoms with E-state index in [2.05, 4.69) is 10.0 Å². The molecule has 3 aromatic rings. The van der Waals surface area contributed by atoms with E-state index in [0.717, 1.165) is 11.3 Å². The number of amides is 1. The SMILES string of the molecule is COc1ccc(CNC(=O)c2cccc(S(=O)(=O)Nc3ccccc3)c2)cc1. The summed E-state index contributed by atoms with van der Waals surface area (Å²) in [7, 11) is -2.20. The molecule has 0 aliphatic carbocycles. The number of carbonyl (C=O) groups excluding carboxylic acids is 1. The Kier molecular flexibility index (Phi) is 5.96.